The Morgan fingerprint density at radius 1 is 0.931 bits per heavy atom. The molecule has 3 aromatic rings. The van der Waals surface area contributed by atoms with Crippen molar-refractivity contribution in [3.63, 3.8) is 0 Å². The average molecular weight is 385 g/mol. The Kier molecular flexibility index (Phi) is 4.37. The average Bonchev–Trinajstić information content (AvgIpc) is 3.40. The largest absolute Gasteiger partial charge is 0.454 e. The maximum atomic E-state index is 12.5. The van der Waals surface area contributed by atoms with Crippen LogP contribution in [0, 0.1) is 0 Å². The molecule has 1 amide bonds. The summed E-state index contributed by atoms with van der Waals surface area (Å²) >= 11 is 0. The van der Waals surface area contributed by atoms with Gasteiger partial charge in [-0.15, -0.1) is 0 Å². The van der Waals surface area contributed by atoms with E-state index in [0.717, 1.165) is 24.3 Å². The van der Waals surface area contributed by atoms with Crippen molar-refractivity contribution in [2.24, 2.45) is 5.10 Å². The summed E-state index contributed by atoms with van der Waals surface area (Å²) in [5, 5.41) is 4.07. The second-order valence-electron chi connectivity index (χ2n) is 6.99. The van der Waals surface area contributed by atoms with Gasteiger partial charge in [0, 0.05) is 24.3 Å². The van der Waals surface area contributed by atoms with Crippen molar-refractivity contribution in [2.45, 2.75) is 13.1 Å². The van der Waals surface area contributed by atoms with Crippen LogP contribution in [0.1, 0.15) is 27.0 Å². The highest BCUT2D eigenvalue weighted by Gasteiger charge is 2.19. The van der Waals surface area contributed by atoms with Crippen LogP contribution >= 0.6 is 0 Å². The van der Waals surface area contributed by atoms with E-state index in [9.17, 15) is 4.79 Å². The zero-order valence-corrected chi connectivity index (χ0v) is 15.7. The molecule has 5 rings (SSSR count). The number of carbonyl (C=O) groups excluding carboxylic acids is 1. The number of hydrogen-bond acceptors (Lipinski definition) is 5. The molecule has 2 aliphatic heterocycles. The molecule has 2 heterocycles. The van der Waals surface area contributed by atoms with E-state index in [4.69, 9.17) is 9.47 Å². The zero-order valence-electron chi connectivity index (χ0n) is 15.7. The topological polar surface area (TPSA) is 63.2 Å². The maximum absolute atomic E-state index is 12.5. The number of fused-ring (bicyclic) bond motifs is 2. The molecule has 6 heteroatoms. The van der Waals surface area contributed by atoms with Gasteiger partial charge in [0.05, 0.1) is 6.21 Å². The third-order valence-corrected chi connectivity index (χ3v) is 5.09. The summed E-state index contributed by atoms with van der Waals surface area (Å²) in [6.07, 6.45) is 1.58. The highest BCUT2D eigenvalue weighted by atomic mass is 16.7. The fourth-order valence-corrected chi connectivity index (χ4v) is 3.58. The van der Waals surface area contributed by atoms with E-state index >= 15 is 0 Å². The fourth-order valence-electron chi connectivity index (χ4n) is 3.58. The molecule has 0 fully saturated rings. The van der Waals surface area contributed by atoms with Crippen LogP contribution in [-0.4, -0.2) is 18.9 Å². The lowest BCUT2D eigenvalue weighted by molar-refractivity contribution is 0.0955. The molecular formula is C23H19N3O3. The molecule has 0 radical (unpaired) electrons. The molecule has 29 heavy (non-hydrogen) atoms. The van der Waals surface area contributed by atoms with Gasteiger partial charge in [0.1, 0.15) is 0 Å². The van der Waals surface area contributed by atoms with Crippen LogP contribution in [0.3, 0.4) is 0 Å². The number of rotatable bonds is 4. The number of hydrogen-bond donors (Lipinski definition) is 1. The molecule has 1 N–H and O–H groups in total. The first-order valence-electron chi connectivity index (χ1n) is 9.41. The zero-order chi connectivity index (χ0) is 19.6. The Balaban J connectivity index is 1.25. The molecule has 2 aliphatic rings. The third-order valence-electron chi connectivity index (χ3n) is 5.09. The number of carbonyl (C=O) groups is 1. The van der Waals surface area contributed by atoms with Crippen LogP contribution in [0.15, 0.2) is 71.8 Å². The minimum absolute atomic E-state index is 0.227. The van der Waals surface area contributed by atoms with Gasteiger partial charge in [-0.25, -0.2) is 5.43 Å². The van der Waals surface area contributed by atoms with E-state index in [1.165, 1.54) is 11.1 Å². The molecule has 0 spiro atoms. The summed E-state index contributed by atoms with van der Waals surface area (Å²) in [5.41, 5.74) is 7.66. The van der Waals surface area contributed by atoms with E-state index in [2.05, 4.69) is 39.7 Å². The molecule has 0 saturated carbocycles. The van der Waals surface area contributed by atoms with Crippen molar-refractivity contribution >= 4 is 17.8 Å². The highest BCUT2D eigenvalue weighted by Crippen LogP contribution is 2.32. The summed E-state index contributed by atoms with van der Waals surface area (Å²) in [6.45, 7) is 1.93. The van der Waals surface area contributed by atoms with Crippen molar-refractivity contribution in [3.8, 4) is 11.5 Å². The van der Waals surface area contributed by atoms with Gasteiger partial charge in [-0.3, -0.25) is 4.79 Å². The summed E-state index contributed by atoms with van der Waals surface area (Å²) in [7, 11) is 0. The van der Waals surface area contributed by atoms with Crippen LogP contribution in [-0.2, 0) is 13.1 Å². The molecule has 3 aromatic carbocycles. The highest BCUT2D eigenvalue weighted by molar-refractivity contribution is 5.95. The molecular weight excluding hydrogens is 366 g/mol. The van der Waals surface area contributed by atoms with Gasteiger partial charge in [0.2, 0.25) is 6.79 Å². The summed E-state index contributed by atoms with van der Waals surface area (Å²) in [5.74, 6) is 1.15. The van der Waals surface area contributed by atoms with Gasteiger partial charge < -0.3 is 14.4 Å². The van der Waals surface area contributed by atoms with Crippen LogP contribution in [0.25, 0.3) is 0 Å². The first-order chi connectivity index (χ1) is 14.3. The van der Waals surface area contributed by atoms with Gasteiger partial charge in [-0.2, -0.15) is 5.10 Å². The summed E-state index contributed by atoms with van der Waals surface area (Å²) in [4.78, 5) is 14.8. The predicted molar refractivity (Wildman–Crippen MR) is 110 cm³/mol. The predicted octanol–water partition coefficient (Wildman–Crippen LogP) is 3.70. The molecule has 0 unspecified atom stereocenters. The molecule has 0 aliphatic carbocycles. The second kappa shape index (κ2) is 7.31. The van der Waals surface area contributed by atoms with E-state index < -0.39 is 0 Å². The molecule has 0 aromatic heterocycles. The van der Waals surface area contributed by atoms with Gasteiger partial charge in [0.15, 0.2) is 11.5 Å². The molecule has 0 atom stereocenters. The molecule has 6 nitrogen and oxygen atoms in total. The summed E-state index contributed by atoms with van der Waals surface area (Å²) in [6, 6.07) is 21.5. The monoisotopic (exact) mass is 385 g/mol. The van der Waals surface area contributed by atoms with Gasteiger partial charge in [0.25, 0.3) is 5.91 Å². The van der Waals surface area contributed by atoms with Crippen LogP contribution in [0.5, 0.6) is 11.5 Å². The van der Waals surface area contributed by atoms with Crippen molar-refractivity contribution in [3.05, 3.63) is 89.0 Å². The Morgan fingerprint density at radius 2 is 1.72 bits per heavy atom. The first-order valence-corrected chi connectivity index (χ1v) is 9.41. The lowest BCUT2D eigenvalue weighted by Gasteiger charge is -2.18. The lowest BCUT2D eigenvalue weighted by atomic mass is 10.1. The second-order valence-corrected chi connectivity index (χ2v) is 6.99. The quantitative estimate of drug-likeness (QED) is 0.549. The number of anilines is 1. The van der Waals surface area contributed by atoms with Gasteiger partial charge in [-0.05, 0) is 53.1 Å². The minimum atomic E-state index is -0.249. The maximum Gasteiger partial charge on any atom is 0.271 e. The van der Waals surface area contributed by atoms with E-state index in [1.54, 1.807) is 12.3 Å². The fraction of sp³-hybridized carbons (Fsp3) is 0.130. The van der Waals surface area contributed by atoms with Crippen LogP contribution < -0.4 is 19.8 Å². The number of amides is 1. The first kappa shape index (κ1) is 17.3. The Morgan fingerprint density at radius 3 is 2.55 bits per heavy atom. The Bertz CT molecular complexity index is 1090. The Labute approximate surface area is 168 Å². The number of benzene rings is 3. The Hall–Kier alpha value is -3.80. The van der Waals surface area contributed by atoms with Crippen molar-refractivity contribution in [2.75, 3.05) is 11.7 Å². The molecule has 0 bridgehead atoms. The molecule has 144 valence electrons. The number of ether oxygens (including phenoxy) is 2. The standard InChI is InChI=1S/C23H19N3O3/c27-23(25-24-12-16-8-9-21-22(10-16)29-15-28-21)17-6-3-7-20(11-17)26-13-18-4-1-2-5-19(18)14-26/h1-12H,13-15H2,(H,25,27)/b24-12-. The lowest BCUT2D eigenvalue weighted by Crippen LogP contribution is -2.19. The van der Waals surface area contributed by atoms with E-state index in [0.29, 0.717) is 17.1 Å². The van der Waals surface area contributed by atoms with Gasteiger partial charge in [-0.1, -0.05) is 30.3 Å². The normalized spacial score (nSPS) is 14.3. The smallest absolute Gasteiger partial charge is 0.271 e. The van der Waals surface area contributed by atoms with E-state index in [-0.39, 0.29) is 12.7 Å². The SMILES string of the molecule is O=C(N/N=C\c1ccc2c(c1)OCO2)c1cccc(N2Cc3ccccc3C2)c1. The van der Waals surface area contributed by atoms with Crippen molar-refractivity contribution in [1.29, 1.82) is 0 Å². The van der Waals surface area contributed by atoms with E-state index in [1.807, 2.05) is 36.4 Å². The third kappa shape index (κ3) is 3.52. The van der Waals surface area contributed by atoms with Crippen molar-refractivity contribution < 1.29 is 14.3 Å². The number of nitrogens with zero attached hydrogens (tertiary/aromatic N) is 2. The molecule has 0 saturated heterocycles. The minimum Gasteiger partial charge on any atom is -0.454 e. The van der Waals surface area contributed by atoms with Gasteiger partial charge >= 0.3 is 0 Å². The summed E-state index contributed by atoms with van der Waals surface area (Å²) < 4.78 is 10.6. The van der Waals surface area contributed by atoms with Crippen LogP contribution in [0.2, 0.25) is 0 Å². The van der Waals surface area contributed by atoms with Crippen LogP contribution in [0.4, 0.5) is 5.69 Å². The number of hydrazone groups is 1. The number of nitrogens with one attached hydrogen (secondary N) is 1. The van der Waals surface area contributed by atoms with Crippen molar-refractivity contribution in [1.82, 2.24) is 5.43 Å².